The van der Waals surface area contributed by atoms with Gasteiger partial charge in [0.1, 0.15) is 0 Å². The molecule has 1 aromatic rings. The Kier molecular flexibility index (Phi) is 5.19. The average Bonchev–Trinajstić information content (AvgIpc) is 2.27. The zero-order chi connectivity index (χ0) is 12.2. The summed E-state index contributed by atoms with van der Waals surface area (Å²) in [5, 5.41) is 0. The number of rotatable bonds is 6. The van der Waals surface area contributed by atoms with Crippen molar-refractivity contribution in [3.8, 4) is 0 Å². The van der Waals surface area contributed by atoms with E-state index in [-0.39, 0.29) is 0 Å². The van der Waals surface area contributed by atoms with E-state index in [1.807, 2.05) is 0 Å². The average molecular weight is 315 g/mol. The van der Waals surface area contributed by atoms with Crippen LogP contribution in [0.25, 0.3) is 0 Å². The van der Waals surface area contributed by atoms with Crippen molar-refractivity contribution in [1.29, 1.82) is 0 Å². The summed E-state index contributed by atoms with van der Waals surface area (Å²) < 4.78 is 1.74. The highest BCUT2D eigenvalue weighted by Gasteiger charge is 2.20. The summed E-state index contributed by atoms with van der Waals surface area (Å²) >= 11 is 8.50. The second-order valence-electron chi connectivity index (χ2n) is 4.57. The summed E-state index contributed by atoms with van der Waals surface area (Å²) in [4.78, 5) is 0. The number of hydrogen-bond donors (Lipinski definition) is 0. The van der Waals surface area contributed by atoms with Gasteiger partial charge in [-0.2, -0.15) is 0 Å². The first-order valence-corrected chi connectivity index (χ1v) is 10.6. The fourth-order valence-electron chi connectivity index (χ4n) is 1.90. The molecule has 18 heavy (non-hydrogen) atoms. The summed E-state index contributed by atoms with van der Waals surface area (Å²) in [6, 6.07) is 9.02. The van der Waals surface area contributed by atoms with Crippen molar-refractivity contribution in [2.24, 2.45) is 0 Å². The van der Waals surface area contributed by atoms with Crippen LogP contribution in [-0.2, 0) is 11.5 Å². The predicted molar refractivity (Wildman–Crippen MR) is 90.8 cm³/mol. The van der Waals surface area contributed by atoms with Gasteiger partial charge in [-0.15, -0.1) is 47.0 Å². The maximum atomic E-state index is 2.32. The van der Waals surface area contributed by atoms with Crippen molar-refractivity contribution < 1.29 is 0 Å². The van der Waals surface area contributed by atoms with E-state index in [2.05, 4.69) is 71.3 Å². The highest BCUT2D eigenvalue weighted by Crippen LogP contribution is 2.41. The Bertz CT molecular complexity index is 348. The Balaban J connectivity index is 1.53. The molecule has 0 amide bonds. The minimum absolute atomic E-state index is 0.868. The highest BCUT2D eigenvalue weighted by atomic mass is 32.2. The first-order valence-electron chi connectivity index (χ1n) is 6.45. The molecule has 2 aliphatic heterocycles. The molecule has 0 bridgehead atoms. The van der Waals surface area contributed by atoms with Crippen LogP contribution in [0.2, 0.25) is 0 Å². The summed E-state index contributed by atoms with van der Waals surface area (Å²) in [6.45, 7) is 0. The van der Waals surface area contributed by atoms with E-state index in [1.165, 1.54) is 35.9 Å². The van der Waals surface area contributed by atoms with Crippen LogP contribution in [0.4, 0.5) is 0 Å². The second-order valence-corrected chi connectivity index (χ2v) is 10.2. The Labute approximate surface area is 127 Å². The molecule has 2 heterocycles. The Hall–Kier alpha value is 0.620. The Morgan fingerprint density at radius 2 is 1.33 bits per heavy atom. The molecule has 0 spiro atoms. The van der Waals surface area contributed by atoms with Crippen LogP contribution >= 0.6 is 47.0 Å². The van der Waals surface area contributed by atoms with E-state index in [0.29, 0.717) is 0 Å². The lowest BCUT2D eigenvalue weighted by Gasteiger charge is -2.25. The minimum Gasteiger partial charge on any atom is -0.148 e. The molecule has 0 saturated carbocycles. The molecule has 2 aliphatic rings. The van der Waals surface area contributed by atoms with Gasteiger partial charge in [-0.25, -0.2) is 0 Å². The van der Waals surface area contributed by atoms with E-state index >= 15 is 0 Å². The zero-order valence-electron chi connectivity index (χ0n) is 10.3. The fraction of sp³-hybridized carbons (Fsp3) is 0.571. The minimum atomic E-state index is 0.868. The highest BCUT2D eigenvalue weighted by molar-refractivity contribution is 8.18. The molecule has 0 aliphatic carbocycles. The normalized spacial score (nSPS) is 26.4. The molecule has 0 radical (unpaired) electrons. The van der Waals surface area contributed by atoms with Crippen LogP contribution < -0.4 is 0 Å². The second kappa shape index (κ2) is 6.87. The van der Waals surface area contributed by atoms with Crippen LogP contribution in [0.1, 0.15) is 24.0 Å². The molecule has 1 aromatic carbocycles. The molecule has 0 N–H and O–H groups in total. The summed E-state index contributed by atoms with van der Waals surface area (Å²) in [5.41, 5.74) is 3.12. The van der Waals surface area contributed by atoms with Crippen LogP contribution in [0, 0.1) is 0 Å². The molecule has 3 rings (SSSR count). The third-order valence-electron chi connectivity index (χ3n) is 3.28. The third-order valence-corrected chi connectivity index (χ3v) is 9.24. The monoisotopic (exact) mass is 314 g/mol. The first kappa shape index (κ1) is 13.6. The molecular formula is C14H18S4. The lowest BCUT2D eigenvalue weighted by molar-refractivity contribution is 1.00. The maximum Gasteiger partial charge on any atom is 0.0513 e. The van der Waals surface area contributed by atoms with Crippen molar-refractivity contribution in [3.05, 3.63) is 35.4 Å². The van der Waals surface area contributed by atoms with Gasteiger partial charge in [0.2, 0.25) is 0 Å². The Morgan fingerprint density at radius 3 is 1.67 bits per heavy atom. The topological polar surface area (TPSA) is 0 Å². The lowest BCUT2D eigenvalue weighted by Crippen LogP contribution is -2.12. The summed E-state index contributed by atoms with van der Waals surface area (Å²) in [5.74, 6) is 5.14. The number of benzene rings is 1. The molecule has 0 nitrogen and oxygen atoms in total. The first-order chi connectivity index (χ1) is 8.92. The van der Waals surface area contributed by atoms with E-state index in [4.69, 9.17) is 0 Å². The lowest BCUT2D eigenvalue weighted by atomic mass is 10.1. The van der Waals surface area contributed by atoms with Crippen LogP contribution in [0.15, 0.2) is 24.3 Å². The van der Waals surface area contributed by atoms with Gasteiger partial charge in [0, 0.05) is 11.5 Å². The molecule has 98 valence electrons. The SMILES string of the molecule is c1ccc(CSC2CCS2)c(CSC2CCS2)c1. The molecule has 2 fully saturated rings. The molecule has 2 atom stereocenters. The predicted octanol–water partition coefficient (Wildman–Crippen LogP) is 5.08. The number of hydrogen-bond acceptors (Lipinski definition) is 4. The summed E-state index contributed by atoms with van der Waals surface area (Å²) in [7, 11) is 0. The van der Waals surface area contributed by atoms with Crippen LogP contribution in [0.3, 0.4) is 0 Å². The molecule has 2 saturated heterocycles. The fourth-order valence-corrected chi connectivity index (χ4v) is 6.71. The van der Waals surface area contributed by atoms with Gasteiger partial charge in [-0.1, -0.05) is 24.3 Å². The van der Waals surface area contributed by atoms with E-state index in [9.17, 15) is 0 Å². The molecule has 0 aromatic heterocycles. The summed E-state index contributed by atoms with van der Waals surface area (Å²) in [6.07, 6.45) is 2.82. The van der Waals surface area contributed by atoms with E-state index in [1.54, 1.807) is 11.1 Å². The van der Waals surface area contributed by atoms with Crippen molar-refractivity contribution >= 4 is 47.0 Å². The van der Waals surface area contributed by atoms with Gasteiger partial charge in [0.05, 0.1) is 9.16 Å². The van der Waals surface area contributed by atoms with Crippen molar-refractivity contribution in [2.45, 2.75) is 33.5 Å². The van der Waals surface area contributed by atoms with Gasteiger partial charge < -0.3 is 0 Å². The van der Waals surface area contributed by atoms with Gasteiger partial charge >= 0.3 is 0 Å². The van der Waals surface area contributed by atoms with Gasteiger partial charge in [-0.05, 0) is 35.5 Å². The quantitative estimate of drug-likeness (QED) is 0.718. The van der Waals surface area contributed by atoms with Crippen molar-refractivity contribution in [1.82, 2.24) is 0 Å². The van der Waals surface area contributed by atoms with Crippen LogP contribution in [-0.4, -0.2) is 20.7 Å². The van der Waals surface area contributed by atoms with Crippen molar-refractivity contribution in [3.63, 3.8) is 0 Å². The van der Waals surface area contributed by atoms with Gasteiger partial charge in [0.15, 0.2) is 0 Å². The maximum absolute atomic E-state index is 2.32. The smallest absolute Gasteiger partial charge is 0.0513 e. The molecule has 2 unspecified atom stereocenters. The van der Waals surface area contributed by atoms with E-state index in [0.717, 1.165) is 9.16 Å². The third kappa shape index (κ3) is 3.59. The zero-order valence-corrected chi connectivity index (χ0v) is 13.6. The van der Waals surface area contributed by atoms with Gasteiger partial charge in [0.25, 0.3) is 0 Å². The standard InChI is InChI=1S/C14H18S4/c1-2-4-12(10-18-14-6-8-16-14)11(3-1)9-17-13-5-7-15-13/h1-4,13-14H,5-10H2. The van der Waals surface area contributed by atoms with Crippen molar-refractivity contribution in [2.75, 3.05) is 11.5 Å². The number of thioether (sulfide) groups is 4. The largest absolute Gasteiger partial charge is 0.148 e. The molecular weight excluding hydrogens is 296 g/mol. The van der Waals surface area contributed by atoms with Gasteiger partial charge in [-0.3, -0.25) is 0 Å². The Morgan fingerprint density at radius 1 is 0.889 bits per heavy atom. The van der Waals surface area contributed by atoms with E-state index < -0.39 is 0 Å². The van der Waals surface area contributed by atoms with Crippen LogP contribution in [0.5, 0.6) is 0 Å². The molecule has 4 heteroatoms.